The van der Waals surface area contributed by atoms with Crippen molar-refractivity contribution in [3.63, 3.8) is 0 Å². The number of benzene rings is 2. The second-order valence-electron chi connectivity index (χ2n) is 6.42. The molecule has 24 heavy (non-hydrogen) atoms. The van der Waals surface area contributed by atoms with Gasteiger partial charge in [-0.05, 0) is 45.0 Å². The number of carbonyl (C=O) groups is 1. The number of esters is 1. The summed E-state index contributed by atoms with van der Waals surface area (Å²) < 4.78 is 34.0. The maximum absolute atomic E-state index is 14.4. The lowest BCUT2D eigenvalue weighted by atomic mass is 10.1. The van der Waals surface area contributed by atoms with Crippen molar-refractivity contribution in [2.45, 2.75) is 26.4 Å². The molecular formula is C18H16F2N2O2. The smallest absolute Gasteiger partial charge is 0.338 e. The average molecular weight is 330 g/mol. The first-order chi connectivity index (χ1) is 11.2. The molecule has 0 fully saturated rings. The first kappa shape index (κ1) is 16.1. The zero-order valence-corrected chi connectivity index (χ0v) is 13.5. The van der Waals surface area contributed by atoms with Gasteiger partial charge in [-0.2, -0.15) is 0 Å². The Kier molecular flexibility index (Phi) is 3.83. The van der Waals surface area contributed by atoms with Crippen LogP contribution in [0.2, 0.25) is 0 Å². The Hall–Kier alpha value is -2.76. The van der Waals surface area contributed by atoms with Crippen LogP contribution in [0, 0.1) is 11.6 Å². The maximum atomic E-state index is 14.4. The third kappa shape index (κ3) is 3.13. The topological polar surface area (TPSA) is 55.0 Å². The van der Waals surface area contributed by atoms with Crippen LogP contribution < -0.4 is 0 Å². The number of fused-ring (bicyclic) bond motifs is 1. The van der Waals surface area contributed by atoms with Gasteiger partial charge in [0.25, 0.3) is 0 Å². The number of aromatic nitrogens is 2. The molecule has 0 spiro atoms. The zero-order valence-electron chi connectivity index (χ0n) is 13.5. The lowest BCUT2D eigenvalue weighted by molar-refractivity contribution is 0.00685. The third-order valence-electron chi connectivity index (χ3n) is 3.30. The highest BCUT2D eigenvalue weighted by molar-refractivity contribution is 5.90. The highest BCUT2D eigenvalue weighted by atomic mass is 19.1. The number of para-hydroxylation sites is 2. The number of nitrogens with one attached hydrogen (secondary N) is 1. The fourth-order valence-electron chi connectivity index (χ4n) is 2.33. The normalized spacial score (nSPS) is 11.7. The second kappa shape index (κ2) is 5.70. The van der Waals surface area contributed by atoms with E-state index in [0.717, 1.165) is 12.1 Å². The summed E-state index contributed by atoms with van der Waals surface area (Å²) in [7, 11) is 0. The summed E-state index contributed by atoms with van der Waals surface area (Å²) in [5.74, 6) is -2.47. The monoisotopic (exact) mass is 330 g/mol. The number of ether oxygens (including phenoxy) is 1. The Morgan fingerprint density at radius 1 is 1.12 bits per heavy atom. The predicted molar refractivity (Wildman–Crippen MR) is 86.6 cm³/mol. The molecule has 0 aliphatic carbocycles. The van der Waals surface area contributed by atoms with E-state index in [2.05, 4.69) is 9.97 Å². The van der Waals surface area contributed by atoms with Gasteiger partial charge in [-0.1, -0.05) is 12.1 Å². The zero-order chi connectivity index (χ0) is 17.5. The Labute approximate surface area is 137 Å². The van der Waals surface area contributed by atoms with Crippen molar-refractivity contribution in [3.05, 3.63) is 53.6 Å². The van der Waals surface area contributed by atoms with Crippen molar-refractivity contribution < 1.29 is 18.3 Å². The molecule has 0 aliphatic rings. The summed E-state index contributed by atoms with van der Waals surface area (Å²) in [5.41, 5.74) is 0.0323. The van der Waals surface area contributed by atoms with E-state index in [4.69, 9.17) is 4.74 Å². The molecule has 0 radical (unpaired) electrons. The fourth-order valence-corrected chi connectivity index (χ4v) is 2.33. The van der Waals surface area contributed by atoms with Crippen molar-refractivity contribution >= 4 is 17.0 Å². The Morgan fingerprint density at radius 2 is 1.75 bits per heavy atom. The predicted octanol–water partition coefficient (Wildman–Crippen LogP) is 4.46. The summed E-state index contributed by atoms with van der Waals surface area (Å²) in [6, 6.07) is 8.99. The molecule has 0 bridgehead atoms. The van der Waals surface area contributed by atoms with Crippen molar-refractivity contribution in [2.24, 2.45) is 0 Å². The van der Waals surface area contributed by atoms with Crippen molar-refractivity contribution in [1.29, 1.82) is 0 Å². The number of rotatable bonds is 2. The van der Waals surface area contributed by atoms with Crippen molar-refractivity contribution in [2.75, 3.05) is 0 Å². The molecule has 0 atom stereocenters. The van der Waals surface area contributed by atoms with Gasteiger partial charge in [0.1, 0.15) is 23.1 Å². The van der Waals surface area contributed by atoms with Gasteiger partial charge in [-0.15, -0.1) is 0 Å². The second-order valence-corrected chi connectivity index (χ2v) is 6.42. The Balaban J connectivity index is 2.03. The largest absolute Gasteiger partial charge is 0.456 e. The minimum atomic E-state index is -0.880. The van der Waals surface area contributed by atoms with Crippen LogP contribution in [0.3, 0.4) is 0 Å². The van der Waals surface area contributed by atoms with Crippen LogP contribution in [0.25, 0.3) is 22.4 Å². The summed E-state index contributed by atoms with van der Waals surface area (Å²) >= 11 is 0. The lowest BCUT2D eigenvalue weighted by Crippen LogP contribution is -2.24. The van der Waals surface area contributed by atoms with Crippen molar-refractivity contribution in [1.82, 2.24) is 9.97 Å². The molecule has 0 saturated heterocycles. The molecule has 1 aromatic heterocycles. The molecule has 0 aliphatic heterocycles. The molecule has 3 aromatic rings. The quantitative estimate of drug-likeness (QED) is 0.706. The molecule has 3 rings (SSSR count). The van der Waals surface area contributed by atoms with Gasteiger partial charge >= 0.3 is 5.97 Å². The summed E-state index contributed by atoms with van der Waals surface area (Å²) in [6.07, 6.45) is 0. The van der Waals surface area contributed by atoms with Gasteiger partial charge in [0, 0.05) is 0 Å². The maximum Gasteiger partial charge on any atom is 0.338 e. The minimum absolute atomic E-state index is 0.0712. The van der Waals surface area contributed by atoms with Crippen molar-refractivity contribution in [3.8, 4) is 11.4 Å². The van der Waals surface area contributed by atoms with Crippen LogP contribution >= 0.6 is 0 Å². The van der Waals surface area contributed by atoms with Gasteiger partial charge in [0.15, 0.2) is 0 Å². The number of halogens is 2. The van der Waals surface area contributed by atoms with E-state index in [1.807, 2.05) is 0 Å². The molecule has 6 heteroatoms. The number of hydrogen-bond donors (Lipinski definition) is 1. The van der Waals surface area contributed by atoms with Crippen LogP contribution in [0.15, 0.2) is 36.4 Å². The number of aromatic amines is 1. The number of imidazole rings is 1. The van der Waals surface area contributed by atoms with E-state index in [1.54, 1.807) is 45.0 Å². The molecule has 1 heterocycles. The van der Waals surface area contributed by atoms with Gasteiger partial charge in [0.05, 0.1) is 22.2 Å². The molecular weight excluding hydrogens is 314 g/mol. The van der Waals surface area contributed by atoms with Gasteiger partial charge in [0.2, 0.25) is 0 Å². The van der Waals surface area contributed by atoms with Gasteiger partial charge in [-0.25, -0.2) is 18.6 Å². The summed E-state index contributed by atoms with van der Waals surface area (Å²) in [5, 5.41) is 0. The molecule has 0 unspecified atom stereocenters. The molecule has 4 nitrogen and oxygen atoms in total. The Bertz CT molecular complexity index is 870. The van der Waals surface area contributed by atoms with E-state index >= 15 is 0 Å². The molecule has 124 valence electrons. The highest BCUT2D eigenvalue weighted by Gasteiger charge is 2.22. The standard InChI is InChI=1S/C18H16F2N2O2/c1-18(2,3)24-17(23)10-8-11(19)15(12(20)9-10)16-21-13-6-4-5-7-14(13)22-16/h4-9H,1-3H3,(H,21,22). The van der Waals surface area contributed by atoms with Crippen LogP contribution in [0.4, 0.5) is 8.78 Å². The van der Waals surface area contributed by atoms with E-state index in [9.17, 15) is 13.6 Å². The van der Waals surface area contributed by atoms with E-state index in [-0.39, 0.29) is 17.0 Å². The molecule has 1 N–H and O–H groups in total. The molecule has 0 amide bonds. The first-order valence-electron chi connectivity index (χ1n) is 7.42. The molecule has 0 saturated carbocycles. The van der Waals surface area contributed by atoms with Crippen LogP contribution in [0.1, 0.15) is 31.1 Å². The average Bonchev–Trinajstić information content (AvgIpc) is 2.87. The van der Waals surface area contributed by atoms with Gasteiger partial charge < -0.3 is 9.72 Å². The van der Waals surface area contributed by atoms with Gasteiger partial charge in [-0.3, -0.25) is 0 Å². The SMILES string of the molecule is CC(C)(C)OC(=O)c1cc(F)c(-c2nc3ccccc3[nH]2)c(F)c1. The van der Waals surface area contributed by atoms with E-state index < -0.39 is 23.2 Å². The van der Waals surface area contributed by atoms with Crippen LogP contribution in [0.5, 0.6) is 0 Å². The molecule has 2 aromatic carbocycles. The van der Waals surface area contributed by atoms with E-state index in [1.165, 1.54) is 0 Å². The van der Waals surface area contributed by atoms with Crippen LogP contribution in [-0.2, 0) is 4.74 Å². The lowest BCUT2D eigenvalue weighted by Gasteiger charge is -2.19. The number of H-pyrrole nitrogens is 1. The Morgan fingerprint density at radius 3 is 2.33 bits per heavy atom. The van der Waals surface area contributed by atoms with Crippen LogP contribution in [-0.4, -0.2) is 21.5 Å². The third-order valence-corrected chi connectivity index (χ3v) is 3.30. The first-order valence-corrected chi connectivity index (χ1v) is 7.42. The number of carbonyl (C=O) groups excluding carboxylic acids is 1. The summed E-state index contributed by atoms with van der Waals surface area (Å²) in [4.78, 5) is 19.0. The number of hydrogen-bond acceptors (Lipinski definition) is 3. The fraction of sp³-hybridized carbons (Fsp3) is 0.222. The highest BCUT2D eigenvalue weighted by Crippen LogP contribution is 2.27. The number of nitrogens with zero attached hydrogens (tertiary/aromatic N) is 1. The minimum Gasteiger partial charge on any atom is -0.456 e. The van der Waals surface area contributed by atoms with E-state index in [0.29, 0.717) is 11.0 Å². The summed E-state index contributed by atoms with van der Waals surface area (Å²) in [6.45, 7) is 5.04.